The Morgan fingerprint density at radius 2 is 1.78 bits per heavy atom. The molecule has 1 N–H and O–H groups in total. The number of halogens is 4. The minimum Gasteiger partial charge on any atom is -0.374 e. The summed E-state index contributed by atoms with van der Waals surface area (Å²) in [6.07, 6.45) is 0. The zero-order chi connectivity index (χ0) is 13.3. The summed E-state index contributed by atoms with van der Waals surface area (Å²) in [5, 5.41) is 5.75. The minimum absolute atomic E-state index is 0.145. The van der Waals surface area contributed by atoms with Crippen LogP contribution in [-0.2, 0) is 6.54 Å². The molecular formula is C10H7F4N3O. The first kappa shape index (κ1) is 12.3. The van der Waals surface area contributed by atoms with E-state index < -0.39 is 29.2 Å². The Morgan fingerprint density at radius 3 is 2.28 bits per heavy atom. The monoisotopic (exact) mass is 261 g/mol. The van der Waals surface area contributed by atoms with Gasteiger partial charge in [-0.2, -0.15) is 22.5 Å². The Morgan fingerprint density at radius 1 is 1.17 bits per heavy atom. The third-order valence-corrected chi connectivity index (χ3v) is 2.12. The van der Waals surface area contributed by atoms with E-state index in [0.29, 0.717) is 11.5 Å². The van der Waals surface area contributed by atoms with Crippen LogP contribution in [0.25, 0.3) is 0 Å². The van der Waals surface area contributed by atoms with Crippen LogP contribution in [-0.4, -0.2) is 10.1 Å². The standard InChI is InChI=1S/C10H7F4N3O/c1-4-2-5(17-18-4)3-15-8-6(11)9(13)16-10(14)7(8)12/h2H,3H2,1H3,(H,15,16). The molecule has 0 saturated heterocycles. The Bertz CT molecular complexity index is 558. The minimum atomic E-state index is -1.72. The maximum absolute atomic E-state index is 13.2. The van der Waals surface area contributed by atoms with Gasteiger partial charge in [0.05, 0.1) is 6.54 Å². The average molecular weight is 261 g/mol. The summed E-state index contributed by atoms with van der Waals surface area (Å²) in [6.45, 7) is 1.48. The second-order valence-corrected chi connectivity index (χ2v) is 3.48. The Kier molecular flexibility index (Phi) is 3.17. The molecule has 0 aliphatic rings. The summed E-state index contributed by atoms with van der Waals surface area (Å²) in [6, 6.07) is 1.51. The number of nitrogens with zero attached hydrogens (tertiary/aromatic N) is 2. The molecular weight excluding hydrogens is 254 g/mol. The summed E-state index contributed by atoms with van der Waals surface area (Å²) in [7, 11) is 0. The van der Waals surface area contributed by atoms with Gasteiger partial charge in [-0.25, -0.2) is 0 Å². The predicted molar refractivity (Wildman–Crippen MR) is 52.6 cm³/mol. The zero-order valence-corrected chi connectivity index (χ0v) is 9.10. The fourth-order valence-corrected chi connectivity index (χ4v) is 1.32. The molecule has 0 spiro atoms. The van der Waals surface area contributed by atoms with Gasteiger partial charge in [-0.15, -0.1) is 0 Å². The van der Waals surface area contributed by atoms with E-state index in [1.165, 1.54) is 6.07 Å². The topological polar surface area (TPSA) is 51.0 Å². The molecule has 0 atom stereocenters. The highest BCUT2D eigenvalue weighted by molar-refractivity contribution is 5.45. The van der Waals surface area contributed by atoms with E-state index in [2.05, 4.69) is 15.5 Å². The first-order chi connectivity index (χ1) is 8.49. The van der Waals surface area contributed by atoms with Crippen LogP contribution < -0.4 is 5.32 Å². The Balaban J connectivity index is 2.24. The van der Waals surface area contributed by atoms with Crippen LogP contribution >= 0.6 is 0 Å². The molecule has 2 rings (SSSR count). The van der Waals surface area contributed by atoms with E-state index in [9.17, 15) is 17.6 Å². The van der Waals surface area contributed by atoms with Crippen molar-refractivity contribution in [3.63, 3.8) is 0 Å². The molecule has 0 aromatic carbocycles. The van der Waals surface area contributed by atoms with Crippen molar-refractivity contribution in [3.8, 4) is 0 Å². The van der Waals surface area contributed by atoms with Crippen molar-refractivity contribution in [1.82, 2.24) is 10.1 Å². The molecule has 4 nitrogen and oxygen atoms in total. The highest BCUT2D eigenvalue weighted by Gasteiger charge is 2.20. The molecule has 0 saturated carbocycles. The highest BCUT2D eigenvalue weighted by Crippen LogP contribution is 2.22. The second-order valence-electron chi connectivity index (χ2n) is 3.48. The summed E-state index contributed by atoms with van der Waals surface area (Å²) in [5.74, 6) is -6.11. The molecule has 96 valence electrons. The van der Waals surface area contributed by atoms with E-state index in [-0.39, 0.29) is 6.54 Å². The van der Waals surface area contributed by atoms with Gasteiger partial charge < -0.3 is 9.84 Å². The number of pyridine rings is 1. The smallest absolute Gasteiger partial charge is 0.253 e. The molecule has 0 radical (unpaired) electrons. The summed E-state index contributed by atoms with van der Waals surface area (Å²) < 4.78 is 56.7. The van der Waals surface area contributed by atoms with Crippen molar-refractivity contribution < 1.29 is 22.1 Å². The highest BCUT2D eigenvalue weighted by atomic mass is 19.2. The van der Waals surface area contributed by atoms with Crippen molar-refractivity contribution in [2.45, 2.75) is 13.5 Å². The molecule has 2 heterocycles. The lowest BCUT2D eigenvalue weighted by atomic mass is 10.3. The number of aromatic nitrogens is 2. The molecule has 2 aromatic rings. The zero-order valence-electron chi connectivity index (χ0n) is 9.10. The van der Waals surface area contributed by atoms with Crippen LogP contribution in [0.4, 0.5) is 23.2 Å². The van der Waals surface area contributed by atoms with Crippen molar-refractivity contribution in [1.29, 1.82) is 0 Å². The number of anilines is 1. The van der Waals surface area contributed by atoms with Gasteiger partial charge in [0.1, 0.15) is 17.1 Å². The van der Waals surface area contributed by atoms with Gasteiger partial charge in [-0.3, -0.25) is 0 Å². The summed E-state index contributed by atoms with van der Waals surface area (Å²) in [4.78, 5) is 2.43. The predicted octanol–water partition coefficient (Wildman–Crippen LogP) is 2.55. The van der Waals surface area contributed by atoms with Crippen LogP contribution in [0.1, 0.15) is 11.5 Å². The van der Waals surface area contributed by atoms with Gasteiger partial charge in [-0.1, -0.05) is 5.16 Å². The normalized spacial score (nSPS) is 10.7. The molecule has 0 aliphatic heterocycles. The summed E-state index contributed by atoms with van der Waals surface area (Å²) >= 11 is 0. The van der Waals surface area contributed by atoms with Crippen molar-refractivity contribution >= 4 is 5.69 Å². The van der Waals surface area contributed by atoms with E-state index in [1.54, 1.807) is 6.92 Å². The second kappa shape index (κ2) is 4.63. The maximum atomic E-state index is 13.2. The molecule has 0 aliphatic carbocycles. The van der Waals surface area contributed by atoms with Crippen LogP contribution in [0.5, 0.6) is 0 Å². The van der Waals surface area contributed by atoms with Crippen molar-refractivity contribution in [3.05, 3.63) is 41.1 Å². The van der Waals surface area contributed by atoms with Crippen LogP contribution in [0.15, 0.2) is 10.6 Å². The molecule has 2 aromatic heterocycles. The van der Waals surface area contributed by atoms with E-state index in [1.807, 2.05) is 0 Å². The lowest BCUT2D eigenvalue weighted by Gasteiger charge is -2.07. The lowest BCUT2D eigenvalue weighted by molar-refractivity contribution is 0.391. The number of hydrogen-bond acceptors (Lipinski definition) is 4. The average Bonchev–Trinajstić information content (AvgIpc) is 2.73. The third-order valence-electron chi connectivity index (χ3n) is 2.12. The lowest BCUT2D eigenvalue weighted by Crippen LogP contribution is -2.09. The van der Waals surface area contributed by atoms with Gasteiger partial charge in [0.2, 0.25) is 11.6 Å². The molecule has 0 bridgehead atoms. The third kappa shape index (κ3) is 2.27. The van der Waals surface area contributed by atoms with E-state index >= 15 is 0 Å². The summed E-state index contributed by atoms with van der Waals surface area (Å²) in [5.41, 5.74) is -0.593. The molecule has 8 heteroatoms. The first-order valence-electron chi connectivity index (χ1n) is 4.85. The quantitative estimate of drug-likeness (QED) is 0.681. The van der Waals surface area contributed by atoms with Gasteiger partial charge in [0, 0.05) is 6.07 Å². The van der Waals surface area contributed by atoms with E-state index in [4.69, 9.17) is 4.52 Å². The first-order valence-corrected chi connectivity index (χ1v) is 4.85. The number of aryl methyl sites for hydroxylation is 1. The van der Waals surface area contributed by atoms with Crippen molar-refractivity contribution in [2.75, 3.05) is 5.32 Å². The van der Waals surface area contributed by atoms with Crippen LogP contribution in [0.3, 0.4) is 0 Å². The SMILES string of the molecule is Cc1cc(CNc2c(F)c(F)nc(F)c2F)no1. The molecule has 0 fully saturated rings. The number of hydrogen-bond donors (Lipinski definition) is 1. The fraction of sp³-hybridized carbons (Fsp3) is 0.200. The van der Waals surface area contributed by atoms with Gasteiger partial charge in [0.15, 0.2) is 0 Å². The van der Waals surface area contributed by atoms with E-state index in [0.717, 1.165) is 0 Å². The van der Waals surface area contributed by atoms with Crippen LogP contribution in [0.2, 0.25) is 0 Å². The Hall–Kier alpha value is -2.12. The Labute approximate surface area is 98.6 Å². The number of nitrogens with one attached hydrogen (secondary N) is 1. The number of rotatable bonds is 3. The fourth-order valence-electron chi connectivity index (χ4n) is 1.32. The molecule has 18 heavy (non-hydrogen) atoms. The molecule has 0 unspecified atom stereocenters. The van der Waals surface area contributed by atoms with Crippen LogP contribution in [0, 0.1) is 30.5 Å². The largest absolute Gasteiger partial charge is 0.374 e. The van der Waals surface area contributed by atoms with Gasteiger partial charge >= 0.3 is 0 Å². The van der Waals surface area contributed by atoms with Crippen molar-refractivity contribution in [2.24, 2.45) is 0 Å². The van der Waals surface area contributed by atoms with Gasteiger partial charge in [-0.05, 0) is 6.92 Å². The maximum Gasteiger partial charge on any atom is 0.253 e. The van der Waals surface area contributed by atoms with Gasteiger partial charge in [0.25, 0.3) is 11.9 Å². The molecule has 0 amide bonds.